The van der Waals surface area contributed by atoms with E-state index < -0.39 is 0 Å². The van der Waals surface area contributed by atoms with E-state index >= 15 is 0 Å². The van der Waals surface area contributed by atoms with Gasteiger partial charge in [0.25, 0.3) is 0 Å². The lowest BCUT2D eigenvalue weighted by molar-refractivity contribution is -0.126. The van der Waals surface area contributed by atoms with Crippen LogP contribution >= 0.6 is 11.8 Å². The first-order valence-corrected chi connectivity index (χ1v) is 9.35. The standard InChI is InChI=1S/C20H21N3O3S/c1-14-19(24)23(13-15-7-5-4-6-8-15)20(27-14)22-21-12-16-9-10-17(25-2)11-18(16)26-3/h4-12,14H,13H2,1-3H3. The fourth-order valence-corrected chi connectivity index (χ4v) is 3.56. The Morgan fingerprint density at radius 3 is 2.63 bits per heavy atom. The molecule has 0 radical (unpaired) electrons. The molecule has 140 valence electrons. The second-order valence-corrected chi connectivity index (χ2v) is 7.21. The quantitative estimate of drug-likeness (QED) is 0.565. The van der Waals surface area contributed by atoms with Crippen molar-refractivity contribution >= 4 is 29.1 Å². The molecule has 1 aliphatic rings. The molecule has 1 amide bonds. The van der Waals surface area contributed by atoms with E-state index in [1.807, 2.05) is 49.4 Å². The number of carbonyl (C=O) groups is 1. The molecule has 1 heterocycles. The van der Waals surface area contributed by atoms with Gasteiger partial charge in [-0.1, -0.05) is 42.1 Å². The summed E-state index contributed by atoms with van der Waals surface area (Å²) in [5, 5.41) is 8.89. The number of benzene rings is 2. The van der Waals surface area contributed by atoms with Crippen LogP contribution in [0.25, 0.3) is 0 Å². The third-order valence-corrected chi connectivity index (χ3v) is 5.16. The Hall–Kier alpha value is -2.80. The van der Waals surface area contributed by atoms with Gasteiger partial charge in [0.2, 0.25) is 5.91 Å². The summed E-state index contributed by atoms with van der Waals surface area (Å²) in [4.78, 5) is 14.1. The highest BCUT2D eigenvalue weighted by Crippen LogP contribution is 2.28. The second kappa shape index (κ2) is 8.73. The van der Waals surface area contributed by atoms with E-state index in [-0.39, 0.29) is 11.2 Å². The molecule has 3 rings (SSSR count). The number of rotatable bonds is 6. The van der Waals surface area contributed by atoms with Gasteiger partial charge in [-0.2, -0.15) is 5.10 Å². The van der Waals surface area contributed by atoms with Gasteiger partial charge in [0.05, 0.1) is 32.2 Å². The van der Waals surface area contributed by atoms with Crippen LogP contribution in [0.3, 0.4) is 0 Å². The van der Waals surface area contributed by atoms with Crippen molar-refractivity contribution in [1.82, 2.24) is 4.90 Å². The molecule has 1 atom stereocenters. The summed E-state index contributed by atoms with van der Waals surface area (Å²) in [5.74, 6) is 1.39. The Morgan fingerprint density at radius 1 is 1.15 bits per heavy atom. The Labute approximate surface area is 162 Å². The van der Waals surface area contributed by atoms with Gasteiger partial charge in [-0.15, -0.1) is 5.10 Å². The number of amidine groups is 1. The zero-order chi connectivity index (χ0) is 19.2. The molecular weight excluding hydrogens is 362 g/mol. The van der Waals surface area contributed by atoms with Crippen molar-refractivity contribution in [2.45, 2.75) is 18.7 Å². The lowest BCUT2D eigenvalue weighted by Gasteiger charge is -2.15. The highest BCUT2D eigenvalue weighted by atomic mass is 32.2. The first kappa shape index (κ1) is 19.0. The number of nitrogens with zero attached hydrogens (tertiary/aromatic N) is 3. The molecule has 7 heteroatoms. The maximum absolute atomic E-state index is 12.5. The lowest BCUT2D eigenvalue weighted by Crippen LogP contribution is -2.30. The largest absolute Gasteiger partial charge is 0.497 e. The number of ether oxygens (including phenoxy) is 2. The van der Waals surface area contributed by atoms with Gasteiger partial charge < -0.3 is 9.47 Å². The van der Waals surface area contributed by atoms with Crippen LogP contribution < -0.4 is 9.47 Å². The molecule has 1 aliphatic heterocycles. The summed E-state index contributed by atoms with van der Waals surface area (Å²) < 4.78 is 10.5. The van der Waals surface area contributed by atoms with Crippen molar-refractivity contribution in [1.29, 1.82) is 0 Å². The molecule has 0 bridgehead atoms. The fourth-order valence-electron chi connectivity index (χ4n) is 2.64. The zero-order valence-electron chi connectivity index (χ0n) is 15.5. The van der Waals surface area contributed by atoms with Crippen molar-refractivity contribution in [3.63, 3.8) is 0 Å². The topological polar surface area (TPSA) is 63.5 Å². The van der Waals surface area contributed by atoms with Gasteiger partial charge in [0.1, 0.15) is 11.5 Å². The summed E-state index contributed by atoms with van der Waals surface area (Å²) >= 11 is 1.41. The third-order valence-electron chi connectivity index (χ3n) is 4.09. The van der Waals surface area contributed by atoms with Gasteiger partial charge in [-0.05, 0) is 24.6 Å². The predicted molar refractivity (Wildman–Crippen MR) is 109 cm³/mol. The van der Waals surface area contributed by atoms with Crippen LogP contribution in [-0.2, 0) is 11.3 Å². The summed E-state index contributed by atoms with van der Waals surface area (Å²) in [5.41, 5.74) is 1.83. The van der Waals surface area contributed by atoms with Gasteiger partial charge >= 0.3 is 0 Å². The maximum Gasteiger partial charge on any atom is 0.242 e. The molecule has 0 aliphatic carbocycles. The van der Waals surface area contributed by atoms with Crippen LogP contribution in [-0.4, -0.2) is 41.7 Å². The molecule has 2 aromatic carbocycles. The van der Waals surface area contributed by atoms with Crippen molar-refractivity contribution in [2.24, 2.45) is 10.2 Å². The number of thioether (sulfide) groups is 1. The van der Waals surface area contributed by atoms with Gasteiger partial charge in [0, 0.05) is 11.6 Å². The minimum atomic E-state index is -0.168. The summed E-state index contributed by atoms with van der Waals surface area (Å²) in [6.07, 6.45) is 1.61. The van der Waals surface area contributed by atoms with E-state index in [0.717, 1.165) is 11.1 Å². The molecule has 0 aromatic heterocycles. The molecule has 27 heavy (non-hydrogen) atoms. The van der Waals surface area contributed by atoms with Gasteiger partial charge in [-0.25, -0.2) is 0 Å². The van der Waals surface area contributed by atoms with Crippen LogP contribution in [0, 0.1) is 0 Å². The molecule has 6 nitrogen and oxygen atoms in total. The van der Waals surface area contributed by atoms with Crippen molar-refractivity contribution in [2.75, 3.05) is 14.2 Å². The molecule has 1 unspecified atom stereocenters. The van der Waals surface area contributed by atoms with Crippen LogP contribution in [0.5, 0.6) is 11.5 Å². The SMILES string of the molecule is COc1ccc(C=NN=C2SC(C)C(=O)N2Cc2ccccc2)c(OC)c1. The molecular formula is C20H21N3O3S. The first-order chi connectivity index (χ1) is 13.1. The number of carbonyl (C=O) groups excluding carboxylic acids is 1. The Bertz CT molecular complexity index is 868. The van der Waals surface area contributed by atoms with Crippen LogP contribution in [0.15, 0.2) is 58.7 Å². The summed E-state index contributed by atoms with van der Waals surface area (Å²) in [7, 11) is 3.19. The van der Waals surface area contributed by atoms with Gasteiger partial charge in [-0.3, -0.25) is 9.69 Å². The number of methoxy groups -OCH3 is 2. The number of hydrogen-bond acceptors (Lipinski definition) is 6. The third kappa shape index (κ3) is 4.49. The van der Waals surface area contributed by atoms with Crippen molar-refractivity contribution in [3.05, 3.63) is 59.7 Å². The molecule has 0 spiro atoms. The zero-order valence-corrected chi connectivity index (χ0v) is 16.3. The number of hydrogen-bond donors (Lipinski definition) is 0. The Balaban J connectivity index is 1.80. The van der Waals surface area contributed by atoms with E-state index in [1.165, 1.54) is 11.8 Å². The number of amides is 1. The van der Waals surface area contributed by atoms with E-state index in [1.54, 1.807) is 31.4 Å². The average molecular weight is 383 g/mol. The summed E-state index contributed by atoms with van der Waals surface area (Å²) in [6.45, 7) is 2.36. The molecule has 2 aromatic rings. The maximum atomic E-state index is 12.5. The Kier molecular flexibility index (Phi) is 6.13. The molecule has 1 fully saturated rings. The highest BCUT2D eigenvalue weighted by molar-refractivity contribution is 8.15. The van der Waals surface area contributed by atoms with E-state index in [0.29, 0.717) is 23.2 Å². The van der Waals surface area contributed by atoms with Crippen LogP contribution in [0.2, 0.25) is 0 Å². The first-order valence-electron chi connectivity index (χ1n) is 8.47. The Morgan fingerprint density at radius 2 is 1.93 bits per heavy atom. The van der Waals surface area contributed by atoms with Crippen LogP contribution in [0.1, 0.15) is 18.1 Å². The molecule has 1 saturated heterocycles. The van der Waals surface area contributed by atoms with Crippen molar-refractivity contribution < 1.29 is 14.3 Å². The average Bonchev–Trinajstić information content (AvgIpc) is 2.96. The molecule has 0 N–H and O–H groups in total. The minimum absolute atomic E-state index is 0.0415. The fraction of sp³-hybridized carbons (Fsp3) is 0.250. The van der Waals surface area contributed by atoms with Crippen LogP contribution in [0.4, 0.5) is 0 Å². The monoisotopic (exact) mass is 383 g/mol. The normalized spacial score (nSPS) is 18.5. The molecule has 0 saturated carbocycles. The van der Waals surface area contributed by atoms with Gasteiger partial charge in [0.15, 0.2) is 5.17 Å². The smallest absolute Gasteiger partial charge is 0.242 e. The summed E-state index contributed by atoms with van der Waals surface area (Å²) in [6, 6.07) is 15.3. The van der Waals surface area contributed by atoms with E-state index in [4.69, 9.17) is 9.47 Å². The highest BCUT2D eigenvalue weighted by Gasteiger charge is 2.35. The predicted octanol–water partition coefficient (Wildman–Crippen LogP) is 3.56. The minimum Gasteiger partial charge on any atom is -0.497 e. The lowest BCUT2D eigenvalue weighted by atomic mass is 10.2. The van der Waals surface area contributed by atoms with Crippen molar-refractivity contribution in [3.8, 4) is 11.5 Å². The van der Waals surface area contributed by atoms with E-state index in [2.05, 4.69) is 10.2 Å². The van der Waals surface area contributed by atoms with E-state index in [9.17, 15) is 4.79 Å². The second-order valence-electron chi connectivity index (χ2n) is 5.91.